The molecule has 0 bridgehead atoms. The average Bonchev–Trinajstić information content (AvgIpc) is 2.73. The summed E-state index contributed by atoms with van der Waals surface area (Å²) >= 11 is 0. The summed E-state index contributed by atoms with van der Waals surface area (Å²) in [4.78, 5) is 0. The summed E-state index contributed by atoms with van der Waals surface area (Å²) in [6.45, 7) is 13.8. The second-order valence-electron chi connectivity index (χ2n) is 25.4. The molecule has 4 heteroatoms. The van der Waals surface area contributed by atoms with E-state index in [0.717, 1.165) is 33.8 Å². The van der Waals surface area contributed by atoms with E-state index in [1.807, 2.05) is 0 Å². The summed E-state index contributed by atoms with van der Waals surface area (Å²) in [5.74, 6) is 0. The zero-order valence-electron chi connectivity index (χ0n) is 48.8. The minimum absolute atomic E-state index is 0.00207. The molecule has 0 saturated heterocycles. The molecule has 0 aliphatic heterocycles. The molecule has 4 heterocycles. The van der Waals surface area contributed by atoms with E-state index in [9.17, 15) is 0 Å². The normalized spacial score (nSPS) is 12.6. The van der Waals surface area contributed by atoms with Crippen LogP contribution in [0, 0.1) is 0 Å². The molecule has 0 amide bonds. The third-order valence-corrected chi connectivity index (χ3v) is 18.4. The van der Waals surface area contributed by atoms with Crippen LogP contribution in [0.1, 0.15) is 74.9 Å². The molecular formula is C81H64N4. The lowest BCUT2D eigenvalue weighted by atomic mass is 9.65. The topological polar surface area (TPSA) is 19.7 Å². The predicted octanol–water partition coefficient (Wildman–Crippen LogP) is 21.1. The lowest BCUT2D eigenvalue weighted by molar-refractivity contribution is 0.591. The van der Waals surface area contributed by atoms with Crippen LogP contribution in [0.3, 0.4) is 0 Å². The third kappa shape index (κ3) is 7.74. The predicted molar refractivity (Wildman–Crippen MR) is 360 cm³/mol. The second kappa shape index (κ2) is 18.9. The number of hydrogen-bond acceptors (Lipinski definition) is 0. The van der Waals surface area contributed by atoms with Crippen molar-refractivity contribution in [2.24, 2.45) is 0 Å². The highest BCUT2D eigenvalue weighted by atomic mass is 15.0. The molecule has 0 unspecified atom stereocenters. The van der Waals surface area contributed by atoms with Crippen molar-refractivity contribution >= 4 is 87.2 Å². The van der Waals surface area contributed by atoms with Crippen LogP contribution in [0.5, 0.6) is 0 Å². The Hall–Kier alpha value is -10.2. The maximum Gasteiger partial charge on any atom is 0.0703 e. The van der Waals surface area contributed by atoms with Gasteiger partial charge in [0.25, 0.3) is 0 Å². The number of benzene rings is 12. The standard InChI is InChI=1S/C81H64N4/c1-79(2,3)55-41-43-73-65(47-55)69-49-67-63-37-19-21-39-71(63)84(75(67)51-77(69)82(73)59-31-15-9-16-32-59)61-35-23-29-57(45-61)81(53-25-11-7-12-26-53,54-27-13-8-14-28-54)58-30-24-36-62(46-58)85-72-40-22-20-38-64(72)68-50-70-66-48-56(80(4,5)6)42-44-74(66)83(78(70)52-76(68)85)60-33-17-10-18-34-60/h7-52H,1-6H3. The largest absolute Gasteiger partial charge is 0.309 e. The molecular weight excluding hydrogens is 1030 g/mol. The molecule has 0 fully saturated rings. The molecule has 16 rings (SSSR count). The van der Waals surface area contributed by atoms with E-state index in [1.54, 1.807) is 0 Å². The molecule has 0 N–H and O–H groups in total. The summed E-state index contributed by atoms with van der Waals surface area (Å²) in [6, 6.07) is 105. The van der Waals surface area contributed by atoms with Gasteiger partial charge < -0.3 is 18.3 Å². The van der Waals surface area contributed by atoms with Crippen molar-refractivity contribution in [2.75, 3.05) is 0 Å². The molecule has 0 aliphatic rings. The fraction of sp³-hybridized carbons (Fsp3) is 0.111. The van der Waals surface area contributed by atoms with Crippen LogP contribution in [-0.2, 0) is 16.2 Å². The van der Waals surface area contributed by atoms with E-state index >= 15 is 0 Å². The molecule has 0 saturated carbocycles. The first kappa shape index (κ1) is 50.6. The lowest BCUT2D eigenvalue weighted by Gasteiger charge is -2.37. The number of nitrogens with zero attached hydrogens (tertiary/aromatic N) is 4. The van der Waals surface area contributed by atoms with E-state index in [2.05, 4.69) is 339 Å². The minimum Gasteiger partial charge on any atom is -0.309 e. The molecule has 0 aliphatic carbocycles. The van der Waals surface area contributed by atoms with Gasteiger partial charge in [0.05, 0.1) is 49.5 Å². The SMILES string of the molecule is CC(C)(C)c1ccc2c(c1)c1cc3c4ccccc4n(-c4cccc(C(c5ccccc5)(c5ccccc5)c5cccc(-n6c7ccccc7c7cc8c9cc(C(C)(C)C)ccc9n(-c9ccccc9)c8cc76)c5)c4)c3cc1n2-c1ccccc1. The van der Waals surface area contributed by atoms with Crippen molar-refractivity contribution in [1.29, 1.82) is 0 Å². The minimum atomic E-state index is -0.762. The van der Waals surface area contributed by atoms with Crippen molar-refractivity contribution < 1.29 is 0 Å². The summed E-state index contributed by atoms with van der Waals surface area (Å²) in [7, 11) is 0. The zero-order valence-corrected chi connectivity index (χ0v) is 48.8. The zero-order chi connectivity index (χ0) is 57.3. The number of rotatable bonds is 8. The van der Waals surface area contributed by atoms with Crippen LogP contribution in [0.15, 0.2) is 279 Å². The van der Waals surface area contributed by atoms with Crippen molar-refractivity contribution in [1.82, 2.24) is 18.3 Å². The average molecular weight is 1090 g/mol. The van der Waals surface area contributed by atoms with Crippen LogP contribution in [0.4, 0.5) is 0 Å². The summed E-state index contributed by atoms with van der Waals surface area (Å²) < 4.78 is 9.94. The van der Waals surface area contributed by atoms with Gasteiger partial charge in [-0.1, -0.05) is 211 Å². The van der Waals surface area contributed by atoms with Gasteiger partial charge in [-0.3, -0.25) is 0 Å². The molecule has 0 atom stereocenters. The highest BCUT2D eigenvalue weighted by molar-refractivity contribution is 6.21. The van der Waals surface area contributed by atoms with Crippen LogP contribution < -0.4 is 0 Å². The highest BCUT2D eigenvalue weighted by Gasteiger charge is 2.39. The van der Waals surface area contributed by atoms with Gasteiger partial charge in [0.15, 0.2) is 0 Å². The van der Waals surface area contributed by atoms with Crippen molar-refractivity contribution in [3.8, 4) is 22.7 Å². The van der Waals surface area contributed by atoms with E-state index in [0.29, 0.717) is 0 Å². The quantitative estimate of drug-likeness (QED) is 0.135. The Kier molecular flexibility index (Phi) is 11.3. The van der Waals surface area contributed by atoms with Gasteiger partial charge in [0.2, 0.25) is 0 Å². The molecule has 408 valence electrons. The molecule has 4 nitrogen and oxygen atoms in total. The smallest absolute Gasteiger partial charge is 0.0703 e. The molecule has 85 heavy (non-hydrogen) atoms. The van der Waals surface area contributed by atoms with Gasteiger partial charge in [0.1, 0.15) is 0 Å². The first-order valence-electron chi connectivity index (χ1n) is 29.9. The lowest BCUT2D eigenvalue weighted by Crippen LogP contribution is -2.31. The Morgan fingerprint density at radius 3 is 0.871 bits per heavy atom. The number of aromatic nitrogens is 4. The number of fused-ring (bicyclic) bond motifs is 12. The van der Waals surface area contributed by atoms with Crippen LogP contribution in [-0.4, -0.2) is 18.3 Å². The highest BCUT2D eigenvalue weighted by Crippen LogP contribution is 2.49. The maximum atomic E-state index is 2.51. The van der Waals surface area contributed by atoms with Gasteiger partial charge in [0, 0.05) is 65.8 Å². The fourth-order valence-electron chi connectivity index (χ4n) is 14.3. The first-order valence-corrected chi connectivity index (χ1v) is 29.9. The molecule has 16 aromatic rings. The van der Waals surface area contributed by atoms with E-state index < -0.39 is 5.41 Å². The Morgan fingerprint density at radius 2 is 0.482 bits per heavy atom. The van der Waals surface area contributed by atoms with Crippen LogP contribution >= 0.6 is 0 Å². The van der Waals surface area contributed by atoms with Gasteiger partial charge in [-0.25, -0.2) is 0 Å². The van der Waals surface area contributed by atoms with Crippen LogP contribution in [0.25, 0.3) is 110 Å². The Balaban J connectivity index is 0.950. The summed E-state index contributed by atoms with van der Waals surface area (Å²) in [6.07, 6.45) is 0. The first-order chi connectivity index (χ1) is 41.4. The number of para-hydroxylation sites is 4. The number of hydrogen-bond donors (Lipinski definition) is 0. The fourth-order valence-corrected chi connectivity index (χ4v) is 14.3. The van der Waals surface area contributed by atoms with Gasteiger partial charge in [-0.2, -0.15) is 0 Å². The molecule has 4 aromatic heterocycles. The third-order valence-electron chi connectivity index (χ3n) is 18.4. The monoisotopic (exact) mass is 1090 g/mol. The van der Waals surface area contributed by atoms with Crippen LogP contribution in [0.2, 0.25) is 0 Å². The maximum absolute atomic E-state index is 2.51. The molecule has 0 radical (unpaired) electrons. The van der Waals surface area contributed by atoms with Gasteiger partial charge in [-0.15, -0.1) is 0 Å². The molecule has 0 spiro atoms. The second-order valence-corrected chi connectivity index (χ2v) is 25.4. The van der Waals surface area contributed by atoms with Crippen molar-refractivity contribution in [2.45, 2.75) is 57.8 Å². The van der Waals surface area contributed by atoms with E-state index in [1.165, 1.54) is 110 Å². The summed E-state index contributed by atoms with van der Waals surface area (Å²) in [5, 5.41) is 9.95. The van der Waals surface area contributed by atoms with Gasteiger partial charge >= 0.3 is 0 Å². The van der Waals surface area contributed by atoms with E-state index in [4.69, 9.17) is 0 Å². The van der Waals surface area contributed by atoms with E-state index in [-0.39, 0.29) is 10.8 Å². The molecule has 12 aromatic carbocycles. The Morgan fingerprint density at radius 1 is 0.188 bits per heavy atom. The van der Waals surface area contributed by atoms with Crippen molar-refractivity contribution in [3.05, 3.63) is 312 Å². The Labute approximate surface area is 495 Å². The summed E-state index contributed by atoms with van der Waals surface area (Å²) in [5.41, 5.74) is 20.5. The van der Waals surface area contributed by atoms with Gasteiger partial charge in [-0.05, 0) is 153 Å². The Bertz CT molecular complexity index is 4960. The van der Waals surface area contributed by atoms with Crippen molar-refractivity contribution in [3.63, 3.8) is 0 Å².